The highest BCUT2D eigenvalue weighted by molar-refractivity contribution is 5.87. The van der Waals surface area contributed by atoms with E-state index in [4.69, 9.17) is 4.42 Å². The first-order valence-corrected chi connectivity index (χ1v) is 10.5. The van der Waals surface area contributed by atoms with E-state index in [1.165, 1.54) is 0 Å². The lowest BCUT2D eigenvalue weighted by Gasteiger charge is -2.18. The topological polar surface area (TPSA) is 68.0 Å². The van der Waals surface area contributed by atoms with Gasteiger partial charge in [0.25, 0.3) is 0 Å². The van der Waals surface area contributed by atoms with Gasteiger partial charge in [0.15, 0.2) is 5.58 Å². The molecule has 0 radical (unpaired) electrons. The van der Waals surface area contributed by atoms with Crippen LogP contribution in [0.15, 0.2) is 108 Å². The summed E-state index contributed by atoms with van der Waals surface area (Å²) in [7, 11) is 0. The molecule has 1 amide bonds. The molecule has 0 bridgehead atoms. The van der Waals surface area contributed by atoms with Gasteiger partial charge < -0.3 is 9.73 Å². The maximum atomic E-state index is 13.2. The Morgan fingerprint density at radius 2 is 1.50 bits per heavy atom. The lowest BCUT2D eigenvalue weighted by molar-refractivity contribution is -0.121. The SMILES string of the molecule is O=C(NCc1ccc(-c2nc3cnccc3o2)cc1)C(c1ccccc1)c1ccccc1. The Balaban J connectivity index is 1.31. The fourth-order valence-electron chi connectivity index (χ4n) is 3.75. The minimum absolute atomic E-state index is 0.0297. The second kappa shape index (κ2) is 8.86. The Hall–Kier alpha value is -4.25. The van der Waals surface area contributed by atoms with Gasteiger partial charge >= 0.3 is 0 Å². The third-order valence-corrected chi connectivity index (χ3v) is 5.39. The molecule has 2 heterocycles. The number of fused-ring (bicyclic) bond motifs is 1. The first kappa shape index (κ1) is 19.7. The Morgan fingerprint density at radius 3 is 2.12 bits per heavy atom. The highest BCUT2D eigenvalue weighted by atomic mass is 16.3. The first-order chi connectivity index (χ1) is 15.8. The van der Waals surface area contributed by atoms with Crippen molar-refractivity contribution in [2.45, 2.75) is 12.5 Å². The highest BCUT2D eigenvalue weighted by Crippen LogP contribution is 2.26. The van der Waals surface area contributed by atoms with Crippen LogP contribution in [0.5, 0.6) is 0 Å². The number of hydrogen-bond acceptors (Lipinski definition) is 4. The summed E-state index contributed by atoms with van der Waals surface area (Å²) < 4.78 is 5.80. The Bertz CT molecular complexity index is 1260. The van der Waals surface area contributed by atoms with Crippen LogP contribution in [0.1, 0.15) is 22.6 Å². The smallest absolute Gasteiger partial charge is 0.232 e. The van der Waals surface area contributed by atoms with E-state index in [0.29, 0.717) is 18.0 Å². The van der Waals surface area contributed by atoms with Gasteiger partial charge in [-0.2, -0.15) is 0 Å². The number of nitrogens with one attached hydrogen (secondary N) is 1. The summed E-state index contributed by atoms with van der Waals surface area (Å²) in [5.41, 5.74) is 5.25. The number of carbonyl (C=O) groups excluding carboxylic acids is 1. The second-order valence-corrected chi connectivity index (χ2v) is 7.53. The van der Waals surface area contributed by atoms with Crippen LogP contribution in [-0.2, 0) is 11.3 Å². The third-order valence-electron chi connectivity index (χ3n) is 5.39. The molecule has 5 heteroatoms. The van der Waals surface area contributed by atoms with E-state index < -0.39 is 0 Å². The Morgan fingerprint density at radius 1 is 0.844 bits per heavy atom. The van der Waals surface area contributed by atoms with Crippen LogP contribution in [0.2, 0.25) is 0 Å². The molecule has 5 aromatic rings. The van der Waals surface area contributed by atoms with Crippen molar-refractivity contribution in [2.75, 3.05) is 0 Å². The molecule has 32 heavy (non-hydrogen) atoms. The summed E-state index contributed by atoms with van der Waals surface area (Å²) in [5, 5.41) is 3.09. The van der Waals surface area contributed by atoms with Gasteiger partial charge in [0, 0.05) is 24.4 Å². The third kappa shape index (κ3) is 4.14. The minimum Gasteiger partial charge on any atom is -0.436 e. The molecule has 0 unspecified atom stereocenters. The molecule has 1 N–H and O–H groups in total. The van der Waals surface area contributed by atoms with Crippen LogP contribution in [0.3, 0.4) is 0 Å². The lowest BCUT2D eigenvalue weighted by Crippen LogP contribution is -2.29. The van der Waals surface area contributed by atoms with Crippen molar-refractivity contribution in [1.82, 2.24) is 15.3 Å². The molecule has 0 aliphatic rings. The van der Waals surface area contributed by atoms with E-state index in [2.05, 4.69) is 15.3 Å². The molecule has 0 atom stereocenters. The van der Waals surface area contributed by atoms with E-state index in [-0.39, 0.29) is 11.8 Å². The molecule has 2 aromatic heterocycles. The van der Waals surface area contributed by atoms with Crippen molar-refractivity contribution < 1.29 is 9.21 Å². The average molecular weight is 419 g/mol. The number of pyridine rings is 1. The van der Waals surface area contributed by atoms with Crippen molar-refractivity contribution in [3.05, 3.63) is 120 Å². The van der Waals surface area contributed by atoms with Gasteiger partial charge in [0.2, 0.25) is 11.8 Å². The average Bonchev–Trinajstić information content (AvgIpc) is 3.29. The van der Waals surface area contributed by atoms with Gasteiger partial charge in [-0.25, -0.2) is 4.98 Å². The maximum Gasteiger partial charge on any atom is 0.232 e. The number of amides is 1. The fraction of sp³-hybridized carbons (Fsp3) is 0.0741. The number of rotatable bonds is 6. The summed E-state index contributed by atoms with van der Waals surface area (Å²) in [6.45, 7) is 0.437. The monoisotopic (exact) mass is 419 g/mol. The number of hydrogen-bond donors (Lipinski definition) is 1. The van der Waals surface area contributed by atoms with Crippen LogP contribution in [0.25, 0.3) is 22.6 Å². The van der Waals surface area contributed by atoms with E-state index in [1.807, 2.05) is 84.9 Å². The van der Waals surface area contributed by atoms with Gasteiger partial charge in [-0.3, -0.25) is 9.78 Å². The largest absolute Gasteiger partial charge is 0.436 e. The molecule has 156 valence electrons. The van der Waals surface area contributed by atoms with Crippen LogP contribution in [0.4, 0.5) is 0 Å². The molecule has 0 fully saturated rings. The van der Waals surface area contributed by atoms with Crippen molar-refractivity contribution in [1.29, 1.82) is 0 Å². The summed E-state index contributed by atoms with van der Waals surface area (Å²) >= 11 is 0. The molecule has 5 rings (SSSR count). The van der Waals surface area contributed by atoms with Crippen LogP contribution >= 0.6 is 0 Å². The molecule has 5 nitrogen and oxygen atoms in total. The van der Waals surface area contributed by atoms with Crippen LogP contribution < -0.4 is 5.32 Å². The molecule has 0 spiro atoms. The zero-order valence-corrected chi connectivity index (χ0v) is 17.3. The first-order valence-electron chi connectivity index (χ1n) is 10.5. The minimum atomic E-state index is -0.356. The predicted octanol–water partition coefficient (Wildman–Crippen LogP) is 5.34. The predicted molar refractivity (Wildman–Crippen MR) is 124 cm³/mol. The van der Waals surface area contributed by atoms with Crippen molar-refractivity contribution in [3.63, 3.8) is 0 Å². The van der Waals surface area contributed by atoms with Gasteiger partial charge in [-0.1, -0.05) is 72.8 Å². The summed E-state index contributed by atoms with van der Waals surface area (Å²) in [4.78, 5) is 21.7. The molecule has 3 aromatic carbocycles. The number of nitrogens with zero attached hydrogens (tertiary/aromatic N) is 2. The summed E-state index contributed by atoms with van der Waals surface area (Å²) in [6, 6.07) is 29.3. The maximum absolute atomic E-state index is 13.2. The van der Waals surface area contributed by atoms with Crippen molar-refractivity contribution in [2.24, 2.45) is 0 Å². The summed E-state index contributed by atoms with van der Waals surface area (Å²) in [6.07, 6.45) is 3.36. The van der Waals surface area contributed by atoms with E-state index in [1.54, 1.807) is 18.5 Å². The molecule has 0 saturated heterocycles. The van der Waals surface area contributed by atoms with Gasteiger partial charge in [0.05, 0.1) is 12.1 Å². The molecular weight excluding hydrogens is 398 g/mol. The zero-order valence-electron chi connectivity index (χ0n) is 17.3. The van der Waals surface area contributed by atoms with Gasteiger partial charge in [0.1, 0.15) is 5.52 Å². The van der Waals surface area contributed by atoms with Crippen molar-refractivity contribution in [3.8, 4) is 11.5 Å². The molecular formula is C27H21N3O2. The lowest BCUT2D eigenvalue weighted by atomic mass is 9.90. The van der Waals surface area contributed by atoms with E-state index >= 15 is 0 Å². The number of benzene rings is 3. The Kier molecular flexibility index (Phi) is 5.45. The Labute approximate surface area is 185 Å². The van der Waals surface area contributed by atoms with Crippen LogP contribution in [-0.4, -0.2) is 15.9 Å². The second-order valence-electron chi connectivity index (χ2n) is 7.53. The van der Waals surface area contributed by atoms with E-state index in [9.17, 15) is 4.79 Å². The van der Waals surface area contributed by atoms with Gasteiger partial charge in [-0.05, 0) is 28.8 Å². The molecule has 0 aliphatic carbocycles. The standard InChI is InChI=1S/C27H21N3O2/c31-26(25(20-7-3-1-4-8-20)21-9-5-2-6-10-21)29-17-19-11-13-22(14-12-19)27-30-23-18-28-16-15-24(23)32-27/h1-16,18,25H,17H2,(H,29,31). The normalized spacial score (nSPS) is 11.0. The van der Waals surface area contributed by atoms with Crippen molar-refractivity contribution >= 4 is 17.0 Å². The van der Waals surface area contributed by atoms with E-state index in [0.717, 1.165) is 27.8 Å². The van der Waals surface area contributed by atoms with Gasteiger partial charge in [-0.15, -0.1) is 0 Å². The number of oxazole rings is 1. The zero-order chi connectivity index (χ0) is 21.8. The number of carbonyl (C=O) groups is 1. The van der Waals surface area contributed by atoms with Crippen LogP contribution in [0, 0.1) is 0 Å². The fourth-order valence-corrected chi connectivity index (χ4v) is 3.75. The summed E-state index contributed by atoms with van der Waals surface area (Å²) in [5.74, 6) is 0.166. The molecule has 0 saturated carbocycles. The number of aromatic nitrogens is 2. The highest BCUT2D eigenvalue weighted by Gasteiger charge is 2.22. The molecule has 0 aliphatic heterocycles. The quantitative estimate of drug-likeness (QED) is 0.403.